The van der Waals surface area contributed by atoms with Gasteiger partial charge in [0, 0.05) is 20.5 Å². The van der Waals surface area contributed by atoms with Gasteiger partial charge in [0.15, 0.2) is 6.61 Å². The number of hydrogen-bond acceptors (Lipinski definition) is 5. The van der Waals surface area contributed by atoms with Crippen molar-refractivity contribution in [3.05, 3.63) is 51.7 Å². The molecule has 0 saturated heterocycles. The molecule has 1 amide bonds. The van der Waals surface area contributed by atoms with Crippen molar-refractivity contribution in [3.8, 4) is 0 Å². The third-order valence-electron chi connectivity index (χ3n) is 3.10. The Morgan fingerprint density at radius 3 is 2.71 bits per heavy atom. The smallest absolute Gasteiger partial charge is 0.307 e. The summed E-state index contributed by atoms with van der Waals surface area (Å²) in [6, 6.07) is 11.2. The first kappa shape index (κ1) is 18.8. The highest BCUT2D eigenvalue weighted by Crippen LogP contribution is 2.21. The lowest BCUT2D eigenvalue weighted by Gasteiger charge is -2.12. The molecule has 2 aromatic rings. The molecule has 4 nitrogen and oxygen atoms in total. The largest absolute Gasteiger partial charge is 0.456 e. The highest BCUT2D eigenvalue weighted by atomic mass is 35.5. The van der Waals surface area contributed by atoms with Crippen LogP contribution >= 0.6 is 34.7 Å². The fraction of sp³-hybridized carbons (Fsp3) is 0.294. The second-order valence-electron chi connectivity index (χ2n) is 5.02. The zero-order valence-corrected chi connectivity index (χ0v) is 15.5. The first-order valence-electron chi connectivity index (χ1n) is 7.41. The highest BCUT2D eigenvalue weighted by molar-refractivity contribution is 7.99. The molecule has 0 radical (unpaired) electrons. The maximum Gasteiger partial charge on any atom is 0.307 e. The molecule has 0 aliphatic carbocycles. The van der Waals surface area contributed by atoms with Crippen LogP contribution in [-0.2, 0) is 14.3 Å². The lowest BCUT2D eigenvalue weighted by atomic mass is 10.3. The summed E-state index contributed by atoms with van der Waals surface area (Å²) in [7, 11) is 0. The fourth-order valence-corrected chi connectivity index (χ4v) is 3.59. The van der Waals surface area contributed by atoms with Crippen molar-refractivity contribution in [2.24, 2.45) is 0 Å². The minimum atomic E-state index is -0.379. The maximum absolute atomic E-state index is 11.8. The Bertz CT molecular complexity index is 659. The molecule has 2 rings (SSSR count). The summed E-state index contributed by atoms with van der Waals surface area (Å²) < 4.78 is 5.00. The van der Waals surface area contributed by atoms with Gasteiger partial charge in [-0.25, -0.2) is 0 Å². The standard InChI is InChI=1S/C17H18ClNO3S2/c1-12(15-3-2-9-24-15)19-16(20)11-22-17(21)8-10-23-14-6-4-13(18)5-7-14/h2-7,9,12H,8,10-11H2,1H3,(H,19,20)/t12-/m1/s1. The average molecular weight is 384 g/mol. The Morgan fingerprint density at radius 1 is 1.29 bits per heavy atom. The van der Waals surface area contributed by atoms with Gasteiger partial charge in [-0.05, 0) is 42.6 Å². The lowest BCUT2D eigenvalue weighted by Crippen LogP contribution is -2.30. The molecular weight excluding hydrogens is 366 g/mol. The van der Waals surface area contributed by atoms with Crippen molar-refractivity contribution in [2.75, 3.05) is 12.4 Å². The van der Waals surface area contributed by atoms with E-state index in [2.05, 4.69) is 5.32 Å². The number of hydrogen-bond donors (Lipinski definition) is 1. The molecule has 0 fully saturated rings. The minimum Gasteiger partial charge on any atom is -0.456 e. The quantitative estimate of drug-likeness (QED) is 0.545. The van der Waals surface area contributed by atoms with Crippen LogP contribution < -0.4 is 5.32 Å². The van der Waals surface area contributed by atoms with E-state index in [0.717, 1.165) is 9.77 Å². The number of thiophene rings is 1. The molecule has 1 aromatic heterocycles. The molecule has 1 atom stereocenters. The lowest BCUT2D eigenvalue weighted by molar-refractivity contribution is -0.148. The maximum atomic E-state index is 11.8. The number of halogens is 1. The van der Waals surface area contributed by atoms with E-state index in [0.29, 0.717) is 10.8 Å². The van der Waals surface area contributed by atoms with E-state index in [4.69, 9.17) is 16.3 Å². The molecule has 0 aliphatic rings. The number of nitrogens with one attached hydrogen (secondary N) is 1. The van der Waals surface area contributed by atoms with Crippen molar-refractivity contribution < 1.29 is 14.3 Å². The monoisotopic (exact) mass is 383 g/mol. The minimum absolute atomic E-state index is 0.0864. The Hall–Kier alpha value is -1.50. The van der Waals surface area contributed by atoms with Gasteiger partial charge in [0.1, 0.15) is 0 Å². The number of esters is 1. The van der Waals surface area contributed by atoms with Gasteiger partial charge in [-0.1, -0.05) is 17.7 Å². The van der Waals surface area contributed by atoms with Gasteiger partial charge in [0.05, 0.1) is 12.5 Å². The molecule has 0 saturated carbocycles. The summed E-state index contributed by atoms with van der Waals surface area (Å²) in [5.74, 6) is -0.0850. The summed E-state index contributed by atoms with van der Waals surface area (Å²) in [5, 5.41) is 5.44. The van der Waals surface area contributed by atoms with Crippen LogP contribution in [0.15, 0.2) is 46.7 Å². The molecular formula is C17H18ClNO3S2. The zero-order valence-electron chi connectivity index (χ0n) is 13.2. The van der Waals surface area contributed by atoms with Crippen LogP contribution in [0.4, 0.5) is 0 Å². The number of ether oxygens (including phenoxy) is 1. The van der Waals surface area contributed by atoms with Crippen molar-refractivity contribution in [1.82, 2.24) is 5.32 Å². The number of benzene rings is 1. The van der Waals surface area contributed by atoms with Gasteiger partial charge in [0.25, 0.3) is 5.91 Å². The molecule has 0 unspecified atom stereocenters. The Kier molecular flexibility index (Phi) is 7.62. The van der Waals surface area contributed by atoms with Crippen LogP contribution in [0, 0.1) is 0 Å². The molecule has 0 bridgehead atoms. The number of amides is 1. The summed E-state index contributed by atoms with van der Waals surface area (Å²) >= 11 is 8.93. The molecule has 24 heavy (non-hydrogen) atoms. The average Bonchev–Trinajstić information content (AvgIpc) is 3.09. The Balaban J connectivity index is 1.62. The number of carbonyl (C=O) groups is 2. The molecule has 0 spiro atoms. The Labute approximate surface area is 154 Å². The van der Waals surface area contributed by atoms with E-state index in [-0.39, 0.29) is 30.9 Å². The zero-order chi connectivity index (χ0) is 17.4. The van der Waals surface area contributed by atoms with Crippen LogP contribution in [0.5, 0.6) is 0 Å². The topological polar surface area (TPSA) is 55.4 Å². The van der Waals surface area contributed by atoms with Gasteiger partial charge in [-0.2, -0.15) is 0 Å². The highest BCUT2D eigenvalue weighted by Gasteiger charge is 2.12. The van der Waals surface area contributed by atoms with Crippen LogP contribution in [0.25, 0.3) is 0 Å². The van der Waals surface area contributed by atoms with Crippen LogP contribution in [-0.4, -0.2) is 24.2 Å². The predicted molar refractivity (Wildman–Crippen MR) is 98.6 cm³/mol. The first-order valence-corrected chi connectivity index (χ1v) is 9.65. The summed E-state index contributed by atoms with van der Waals surface area (Å²) in [4.78, 5) is 25.6. The van der Waals surface area contributed by atoms with Crippen LogP contribution in [0.3, 0.4) is 0 Å². The molecule has 0 aliphatic heterocycles. The molecule has 1 heterocycles. The summed E-state index contributed by atoms with van der Waals surface area (Å²) in [5.41, 5.74) is 0. The van der Waals surface area contributed by atoms with Gasteiger partial charge in [0.2, 0.25) is 0 Å². The Morgan fingerprint density at radius 2 is 2.04 bits per heavy atom. The molecule has 128 valence electrons. The SMILES string of the molecule is C[C@@H](NC(=O)COC(=O)CCSc1ccc(Cl)cc1)c1cccs1. The van der Waals surface area contributed by atoms with E-state index in [1.54, 1.807) is 35.2 Å². The van der Waals surface area contributed by atoms with E-state index in [9.17, 15) is 9.59 Å². The summed E-state index contributed by atoms with van der Waals surface area (Å²) in [6.45, 7) is 1.65. The number of carbonyl (C=O) groups excluding carboxylic acids is 2. The van der Waals surface area contributed by atoms with E-state index >= 15 is 0 Å². The predicted octanol–water partition coefficient (Wildman–Crippen LogP) is 4.30. The van der Waals surface area contributed by atoms with Crippen molar-refractivity contribution in [2.45, 2.75) is 24.3 Å². The van der Waals surface area contributed by atoms with Gasteiger partial charge < -0.3 is 10.1 Å². The fourth-order valence-electron chi connectivity index (χ4n) is 1.89. The second kappa shape index (κ2) is 9.71. The molecule has 7 heteroatoms. The van der Waals surface area contributed by atoms with E-state index < -0.39 is 0 Å². The van der Waals surface area contributed by atoms with Crippen LogP contribution in [0.2, 0.25) is 5.02 Å². The summed E-state index contributed by atoms with van der Waals surface area (Å²) in [6.07, 6.45) is 0.251. The molecule has 1 aromatic carbocycles. The normalized spacial score (nSPS) is 11.8. The number of thioether (sulfide) groups is 1. The third-order valence-corrected chi connectivity index (χ3v) is 5.42. The second-order valence-corrected chi connectivity index (χ2v) is 7.60. The molecule has 1 N–H and O–H groups in total. The van der Waals surface area contributed by atoms with Gasteiger partial charge in [-0.15, -0.1) is 23.1 Å². The van der Waals surface area contributed by atoms with Crippen LogP contribution in [0.1, 0.15) is 24.3 Å². The third kappa shape index (κ3) is 6.55. The van der Waals surface area contributed by atoms with Gasteiger partial charge in [-0.3, -0.25) is 9.59 Å². The van der Waals surface area contributed by atoms with Crippen molar-refractivity contribution in [3.63, 3.8) is 0 Å². The van der Waals surface area contributed by atoms with E-state index in [1.165, 1.54) is 0 Å². The van der Waals surface area contributed by atoms with Gasteiger partial charge >= 0.3 is 5.97 Å². The van der Waals surface area contributed by atoms with Crippen molar-refractivity contribution >= 4 is 46.6 Å². The van der Waals surface area contributed by atoms with Crippen molar-refractivity contribution in [1.29, 1.82) is 0 Å². The van der Waals surface area contributed by atoms with E-state index in [1.807, 2.05) is 36.6 Å². The number of rotatable bonds is 8. The first-order chi connectivity index (χ1) is 11.5.